The molecule has 1 N–H and O–H groups in total. The number of imide groups is 1. The van der Waals surface area contributed by atoms with Crippen LogP contribution in [0.3, 0.4) is 0 Å². The summed E-state index contributed by atoms with van der Waals surface area (Å²) in [5, 5.41) is 1.86. The lowest BCUT2D eigenvalue weighted by atomic mass is 10.1. The number of carbonyl (C=O) groups excluding carboxylic acids is 4. The number of esters is 1. The van der Waals surface area contributed by atoms with E-state index in [1.807, 2.05) is 20.8 Å². The number of nitrogens with zero attached hydrogens (tertiary/aromatic N) is 1. The number of aryl methyl sites for hydroxylation is 2. The van der Waals surface area contributed by atoms with E-state index in [2.05, 4.69) is 21.2 Å². The molecule has 0 aliphatic carbocycles. The minimum atomic E-state index is -1.30. The van der Waals surface area contributed by atoms with Crippen LogP contribution in [0, 0.1) is 13.8 Å². The summed E-state index contributed by atoms with van der Waals surface area (Å²) in [5.41, 5.74) is 1.92. The molecule has 3 amide bonds. The van der Waals surface area contributed by atoms with E-state index in [0.717, 1.165) is 20.5 Å². The van der Waals surface area contributed by atoms with Crippen LogP contribution in [0.5, 0.6) is 0 Å². The van der Waals surface area contributed by atoms with Gasteiger partial charge in [0.05, 0.1) is 31.2 Å². The fourth-order valence-electron chi connectivity index (χ4n) is 3.85. The molecule has 3 rings (SSSR count). The van der Waals surface area contributed by atoms with Gasteiger partial charge in [-0.25, -0.2) is 4.79 Å². The molecule has 192 valence electrons. The summed E-state index contributed by atoms with van der Waals surface area (Å²) >= 11 is 28.0. The van der Waals surface area contributed by atoms with E-state index in [-0.39, 0.29) is 37.6 Å². The van der Waals surface area contributed by atoms with Crippen molar-refractivity contribution in [3.05, 3.63) is 58.9 Å². The number of fused-ring (bicyclic) bond motifs is 1. The molecule has 0 bridgehead atoms. The molecule has 1 aliphatic rings. The van der Waals surface area contributed by atoms with E-state index < -0.39 is 36.3 Å². The Labute approximate surface area is 236 Å². The number of benzene rings is 2. The van der Waals surface area contributed by atoms with E-state index in [9.17, 15) is 19.2 Å². The zero-order valence-electron chi connectivity index (χ0n) is 19.4. The fraction of sp³-hybridized carbons (Fsp3) is 0.333. The third-order valence-electron chi connectivity index (χ3n) is 5.61. The highest BCUT2D eigenvalue weighted by Crippen LogP contribution is 2.45. The maximum absolute atomic E-state index is 13.2. The normalized spacial score (nSPS) is 13.6. The van der Waals surface area contributed by atoms with E-state index >= 15 is 0 Å². The van der Waals surface area contributed by atoms with Crippen LogP contribution in [-0.2, 0) is 14.3 Å². The zero-order valence-corrected chi connectivity index (χ0v) is 24.0. The Kier molecular flexibility index (Phi) is 9.33. The van der Waals surface area contributed by atoms with Crippen molar-refractivity contribution in [2.24, 2.45) is 0 Å². The van der Waals surface area contributed by atoms with Gasteiger partial charge in [-0.05, 0) is 43.5 Å². The van der Waals surface area contributed by atoms with Crippen LogP contribution in [-0.4, -0.2) is 41.2 Å². The molecule has 36 heavy (non-hydrogen) atoms. The minimum Gasteiger partial charge on any atom is -0.454 e. The highest BCUT2D eigenvalue weighted by atomic mass is 79.9. The second-order valence-corrected chi connectivity index (χ2v) is 10.5. The van der Waals surface area contributed by atoms with Crippen molar-refractivity contribution in [1.29, 1.82) is 0 Å². The smallest absolute Gasteiger partial charge is 0.329 e. The summed E-state index contributed by atoms with van der Waals surface area (Å²) in [4.78, 5) is 52.6. The largest absolute Gasteiger partial charge is 0.454 e. The Hall–Kier alpha value is -1.84. The number of anilines is 1. The van der Waals surface area contributed by atoms with Gasteiger partial charge in [0.15, 0.2) is 6.61 Å². The molecular formula is C24H21BrCl4N2O5. The molecule has 2 aromatic carbocycles. The van der Waals surface area contributed by atoms with Crippen LogP contribution >= 0.6 is 62.3 Å². The summed E-state index contributed by atoms with van der Waals surface area (Å²) in [5.74, 6) is -3.18. The first-order chi connectivity index (χ1) is 16.9. The average molecular weight is 639 g/mol. The van der Waals surface area contributed by atoms with Crippen molar-refractivity contribution in [3.8, 4) is 0 Å². The van der Waals surface area contributed by atoms with Gasteiger partial charge in [-0.2, -0.15) is 0 Å². The predicted octanol–water partition coefficient (Wildman–Crippen LogP) is 7.02. The number of hydrogen-bond acceptors (Lipinski definition) is 5. The maximum atomic E-state index is 13.2. The molecule has 12 heteroatoms. The summed E-state index contributed by atoms with van der Waals surface area (Å²) in [6.07, 6.45) is 1.29. The highest BCUT2D eigenvalue weighted by molar-refractivity contribution is 9.10. The maximum Gasteiger partial charge on any atom is 0.329 e. The monoisotopic (exact) mass is 636 g/mol. The lowest BCUT2D eigenvalue weighted by molar-refractivity contribution is -0.151. The Balaban J connectivity index is 1.80. The zero-order chi connectivity index (χ0) is 26.9. The van der Waals surface area contributed by atoms with Gasteiger partial charge in [0.25, 0.3) is 17.7 Å². The standard InChI is InChI=1S/C24H21BrCl4N2O5/c1-4-5-6-13(24(35)36-9-14(32)30-12-7-10(2)17(25)11(3)8-12)31-22(33)15-16(23(31)34)19(27)21(29)20(28)18(15)26/h7-8,13H,4-6,9H2,1-3H3,(H,30,32)/t13-/m1/s1. The summed E-state index contributed by atoms with van der Waals surface area (Å²) in [6, 6.07) is 2.24. The number of halogens is 5. The van der Waals surface area contributed by atoms with Gasteiger partial charge in [-0.1, -0.05) is 82.1 Å². The van der Waals surface area contributed by atoms with E-state index in [1.54, 1.807) is 12.1 Å². The Bertz CT molecular complexity index is 1210. The molecule has 0 saturated carbocycles. The van der Waals surface area contributed by atoms with Gasteiger partial charge >= 0.3 is 5.97 Å². The van der Waals surface area contributed by atoms with Gasteiger partial charge in [-0.15, -0.1) is 0 Å². The van der Waals surface area contributed by atoms with Crippen molar-refractivity contribution in [2.45, 2.75) is 46.1 Å². The van der Waals surface area contributed by atoms with Gasteiger partial charge in [0.2, 0.25) is 0 Å². The number of unbranched alkanes of at least 4 members (excludes halogenated alkanes) is 1. The number of nitrogens with one attached hydrogen (secondary N) is 1. The molecule has 7 nitrogen and oxygen atoms in total. The predicted molar refractivity (Wildman–Crippen MR) is 143 cm³/mol. The van der Waals surface area contributed by atoms with Crippen LogP contribution in [0.2, 0.25) is 20.1 Å². The van der Waals surface area contributed by atoms with Crippen molar-refractivity contribution in [2.75, 3.05) is 11.9 Å². The fourth-order valence-corrected chi connectivity index (χ4v) is 5.09. The van der Waals surface area contributed by atoms with Crippen LogP contribution in [0.1, 0.15) is 58.0 Å². The molecule has 2 aromatic rings. The molecule has 1 atom stereocenters. The number of rotatable bonds is 8. The molecule has 1 aliphatic heterocycles. The molecule has 0 radical (unpaired) electrons. The molecule has 0 unspecified atom stereocenters. The number of carbonyl (C=O) groups is 4. The Morgan fingerprint density at radius 3 is 1.94 bits per heavy atom. The molecule has 0 fully saturated rings. The van der Waals surface area contributed by atoms with Crippen LogP contribution in [0.4, 0.5) is 5.69 Å². The molecule has 0 spiro atoms. The topological polar surface area (TPSA) is 92.8 Å². The summed E-state index contributed by atoms with van der Waals surface area (Å²) in [6.45, 7) is 5.03. The Morgan fingerprint density at radius 2 is 1.47 bits per heavy atom. The number of ether oxygens (including phenoxy) is 1. The van der Waals surface area contributed by atoms with Gasteiger partial charge in [0, 0.05) is 10.2 Å². The molecular weight excluding hydrogens is 618 g/mol. The molecule has 1 heterocycles. The van der Waals surface area contributed by atoms with Crippen LogP contribution in [0.25, 0.3) is 0 Å². The summed E-state index contributed by atoms with van der Waals surface area (Å²) < 4.78 is 6.14. The highest BCUT2D eigenvalue weighted by Gasteiger charge is 2.47. The van der Waals surface area contributed by atoms with Gasteiger partial charge < -0.3 is 10.1 Å². The van der Waals surface area contributed by atoms with Crippen LogP contribution < -0.4 is 5.32 Å². The van der Waals surface area contributed by atoms with E-state index in [0.29, 0.717) is 18.5 Å². The van der Waals surface area contributed by atoms with Gasteiger partial charge in [0.1, 0.15) is 6.04 Å². The third kappa shape index (κ3) is 5.53. The summed E-state index contributed by atoms with van der Waals surface area (Å²) in [7, 11) is 0. The second kappa shape index (κ2) is 11.7. The van der Waals surface area contributed by atoms with E-state index in [4.69, 9.17) is 51.1 Å². The number of amides is 3. The third-order valence-corrected chi connectivity index (χ3v) is 8.67. The van der Waals surface area contributed by atoms with E-state index in [1.165, 1.54) is 0 Å². The minimum absolute atomic E-state index is 0.115. The first-order valence-electron chi connectivity index (χ1n) is 10.9. The Morgan fingerprint density at radius 1 is 0.972 bits per heavy atom. The first-order valence-corrected chi connectivity index (χ1v) is 13.2. The quantitative estimate of drug-likeness (QED) is 0.145. The van der Waals surface area contributed by atoms with Crippen molar-refractivity contribution >= 4 is 91.7 Å². The molecule has 0 saturated heterocycles. The molecule has 0 aromatic heterocycles. The van der Waals surface area contributed by atoms with Crippen molar-refractivity contribution < 1.29 is 23.9 Å². The number of hydrogen-bond donors (Lipinski definition) is 1. The first kappa shape index (κ1) is 28.7. The second-order valence-electron chi connectivity index (χ2n) is 8.22. The van der Waals surface area contributed by atoms with Gasteiger partial charge in [-0.3, -0.25) is 19.3 Å². The van der Waals surface area contributed by atoms with Crippen molar-refractivity contribution in [3.63, 3.8) is 0 Å². The SMILES string of the molecule is CCCC[C@H](C(=O)OCC(=O)Nc1cc(C)c(Br)c(C)c1)N1C(=O)c2c(Cl)c(Cl)c(Cl)c(Cl)c2C1=O. The average Bonchev–Trinajstić information content (AvgIpc) is 3.09. The van der Waals surface area contributed by atoms with Crippen molar-refractivity contribution in [1.82, 2.24) is 4.90 Å². The van der Waals surface area contributed by atoms with Crippen LogP contribution in [0.15, 0.2) is 16.6 Å². The lowest BCUT2D eigenvalue weighted by Gasteiger charge is -2.24. The lowest BCUT2D eigenvalue weighted by Crippen LogP contribution is -2.46.